The van der Waals surface area contributed by atoms with E-state index in [2.05, 4.69) is 15.5 Å². The fraction of sp³-hybridized carbons (Fsp3) is 0.500. The zero-order valence-corrected chi connectivity index (χ0v) is 17.4. The number of carbonyl (C=O) groups is 2. The molecule has 1 atom stereocenters. The molecule has 1 aromatic heterocycles. The van der Waals surface area contributed by atoms with Gasteiger partial charge in [0.05, 0.1) is 14.2 Å². The third-order valence-corrected chi connectivity index (χ3v) is 4.70. The van der Waals surface area contributed by atoms with Crippen LogP contribution in [0.25, 0.3) is 0 Å². The molecule has 0 bridgehead atoms. The third-order valence-electron chi connectivity index (χ3n) is 4.70. The van der Waals surface area contributed by atoms with Gasteiger partial charge in [-0.1, -0.05) is 19.0 Å². The number of primary amides is 1. The number of aromatic nitrogens is 2. The molecule has 162 valence electrons. The Kier molecular flexibility index (Phi) is 6.43. The molecule has 0 radical (unpaired) electrons. The molecule has 2 aromatic rings. The first-order chi connectivity index (χ1) is 14.3. The predicted octanol–water partition coefficient (Wildman–Crippen LogP) is 1.96. The average molecular weight is 418 g/mol. The van der Waals surface area contributed by atoms with Gasteiger partial charge in [0, 0.05) is 11.5 Å². The van der Waals surface area contributed by atoms with Crippen molar-refractivity contribution in [2.45, 2.75) is 38.6 Å². The molecule has 2 amide bonds. The maximum Gasteiger partial charge on any atom is 0.255 e. The monoisotopic (exact) mass is 418 g/mol. The van der Waals surface area contributed by atoms with Crippen LogP contribution in [-0.4, -0.2) is 42.8 Å². The smallest absolute Gasteiger partial charge is 0.255 e. The highest BCUT2D eigenvalue weighted by atomic mass is 16.5. The van der Waals surface area contributed by atoms with Gasteiger partial charge in [0.25, 0.3) is 11.8 Å². The van der Waals surface area contributed by atoms with Crippen molar-refractivity contribution >= 4 is 11.8 Å². The molecule has 1 heterocycles. The summed E-state index contributed by atoms with van der Waals surface area (Å²) in [5.74, 6) is 1.05. The Balaban J connectivity index is 1.83. The minimum absolute atomic E-state index is 0.0171. The molecule has 3 N–H and O–H groups in total. The lowest BCUT2D eigenvalue weighted by Gasteiger charge is -2.20. The lowest BCUT2D eigenvalue weighted by atomic mass is 10.0. The molecule has 3 rings (SSSR count). The molecule has 1 unspecified atom stereocenters. The number of nitrogens with zero attached hydrogens (tertiary/aromatic N) is 2. The van der Waals surface area contributed by atoms with Gasteiger partial charge in [0.15, 0.2) is 23.9 Å². The van der Waals surface area contributed by atoms with Gasteiger partial charge in [0.1, 0.15) is 6.04 Å². The van der Waals surface area contributed by atoms with Crippen molar-refractivity contribution in [3.63, 3.8) is 0 Å². The van der Waals surface area contributed by atoms with Crippen LogP contribution >= 0.6 is 0 Å². The van der Waals surface area contributed by atoms with Crippen LogP contribution < -0.4 is 25.3 Å². The minimum atomic E-state index is -0.647. The van der Waals surface area contributed by atoms with Crippen LogP contribution in [0.5, 0.6) is 17.2 Å². The molecule has 1 aliphatic rings. The number of carbonyl (C=O) groups excluding carboxylic acids is 2. The lowest BCUT2D eigenvalue weighted by molar-refractivity contribution is -0.120. The summed E-state index contributed by atoms with van der Waals surface area (Å²) < 4.78 is 21.4. The number of nitrogens with two attached hydrogens (primary N) is 1. The Labute approximate surface area is 174 Å². The third kappa shape index (κ3) is 4.81. The SMILES string of the molecule is COc1cc(C(=O)NC(c2nc(C3CC3)no2)C(C)C)cc(OC)c1OCC(N)=O. The van der Waals surface area contributed by atoms with E-state index in [1.807, 2.05) is 13.8 Å². The highest BCUT2D eigenvalue weighted by molar-refractivity contribution is 5.96. The van der Waals surface area contributed by atoms with E-state index >= 15 is 0 Å². The number of methoxy groups -OCH3 is 2. The van der Waals surface area contributed by atoms with Gasteiger partial charge < -0.3 is 29.8 Å². The van der Waals surface area contributed by atoms with Gasteiger partial charge in [-0.25, -0.2) is 0 Å². The van der Waals surface area contributed by atoms with E-state index in [-0.39, 0.29) is 41.2 Å². The van der Waals surface area contributed by atoms with Gasteiger partial charge in [-0.2, -0.15) is 4.98 Å². The topological polar surface area (TPSA) is 139 Å². The second-order valence-electron chi connectivity index (χ2n) is 7.43. The highest BCUT2D eigenvalue weighted by Crippen LogP contribution is 2.40. The molecule has 0 spiro atoms. The molecule has 1 aromatic carbocycles. The van der Waals surface area contributed by atoms with Crippen molar-refractivity contribution in [3.05, 3.63) is 29.4 Å². The van der Waals surface area contributed by atoms with Crippen LogP contribution in [0.15, 0.2) is 16.7 Å². The fourth-order valence-corrected chi connectivity index (χ4v) is 2.92. The highest BCUT2D eigenvalue weighted by Gasteiger charge is 2.32. The summed E-state index contributed by atoms with van der Waals surface area (Å²) in [5.41, 5.74) is 5.41. The average Bonchev–Trinajstić information content (AvgIpc) is 3.46. The Bertz CT molecular complexity index is 897. The van der Waals surface area contributed by atoms with Crippen molar-refractivity contribution in [1.29, 1.82) is 0 Å². The molecule has 10 heteroatoms. The van der Waals surface area contributed by atoms with Crippen LogP contribution in [0.3, 0.4) is 0 Å². The van der Waals surface area contributed by atoms with Gasteiger partial charge in [0.2, 0.25) is 11.6 Å². The molecule has 1 aliphatic carbocycles. The number of benzene rings is 1. The normalized spacial score (nSPS) is 14.3. The lowest BCUT2D eigenvalue weighted by Crippen LogP contribution is -2.32. The van der Waals surface area contributed by atoms with Crippen LogP contribution in [0.2, 0.25) is 0 Å². The van der Waals surface area contributed by atoms with Gasteiger partial charge in [-0.15, -0.1) is 0 Å². The van der Waals surface area contributed by atoms with E-state index in [1.165, 1.54) is 26.4 Å². The molecule has 10 nitrogen and oxygen atoms in total. The Morgan fingerprint density at radius 3 is 2.37 bits per heavy atom. The van der Waals surface area contributed by atoms with Crippen LogP contribution in [0.1, 0.15) is 60.7 Å². The zero-order valence-electron chi connectivity index (χ0n) is 17.4. The molecule has 1 saturated carbocycles. The second kappa shape index (κ2) is 9.02. The summed E-state index contributed by atoms with van der Waals surface area (Å²) >= 11 is 0. The quantitative estimate of drug-likeness (QED) is 0.597. The van der Waals surface area contributed by atoms with E-state index in [0.717, 1.165) is 12.8 Å². The van der Waals surface area contributed by atoms with E-state index in [9.17, 15) is 9.59 Å². The van der Waals surface area contributed by atoms with E-state index in [0.29, 0.717) is 17.6 Å². The largest absolute Gasteiger partial charge is 0.493 e. The molecular formula is C20H26N4O6. The van der Waals surface area contributed by atoms with Crippen molar-refractivity contribution in [2.75, 3.05) is 20.8 Å². The molecule has 0 aliphatic heterocycles. The first-order valence-corrected chi connectivity index (χ1v) is 9.65. The summed E-state index contributed by atoms with van der Waals surface area (Å²) in [4.78, 5) is 28.5. The van der Waals surface area contributed by atoms with Gasteiger partial charge in [-0.3, -0.25) is 9.59 Å². The Morgan fingerprint density at radius 1 is 1.23 bits per heavy atom. The summed E-state index contributed by atoms with van der Waals surface area (Å²) in [5, 5.41) is 6.96. The van der Waals surface area contributed by atoms with Gasteiger partial charge >= 0.3 is 0 Å². The number of amides is 2. The number of nitrogens with one attached hydrogen (secondary N) is 1. The molecular weight excluding hydrogens is 392 g/mol. The summed E-state index contributed by atoms with van der Waals surface area (Å²) in [6.45, 7) is 3.55. The summed E-state index contributed by atoms with van der Waals surface area (Å²) in [7, 11) is 2.84. The Morgan fingerprint density at radius 2 is 1.87 bits per heavy atom. The maximum atomic E-state index is 13.0. The van der Waals surface area contributed by atoms with Crippen LogP contribution in [-0.2, 0) is 4.79 Å². The first-order valence-electron chi connectivity index (χ1n) is 9.65. The van der Waals surface area contributed by atoms with Crippen molar-refractivity contribution < 1.29 is 28.3 Å². The van der Waals surface area contributed by atoms with E-state index < -0.39 is 11.9 Å². The van der Waals surface area contributed by atoms with Crippen LogP contribution in [0, 0.1) is 5.92 Å². The molecule has 30 heavy (non-hydrogen) atoms. The molecule has 0 saturated heterocycles. The minimum Gasteiger partial charge on any atom is -0.493 e. The van der Waals surface area contributed by atoms with Crippen LogP contribution in [0.4, 0.5) is 0 Å². The van der Waals surface area contributed by atoms with E-state index in [4.69, 9.17) is 24.5 Å². The van der Waals surface area contributed by atoms with E-state index in [1.54, 1.807) is 0 Å². The van der Waals surface area contributed by atoms with Gasteiger partial charge in [-0.05, 0) is 30.9 Å². The summed E-state index contributed by atoms with van der Waals surface area (Å²) in [6, 6.07) is 2.53. The summed E-state index contributed by atoms with van der Waals surface area (Å²) in [6.07, 6.45) is 2.11. The molecule has 1 fully saturated rings. The first kappa shape index (κ1) is 21.4. The van der Waals surface area contributed by atoms with Crippen molar-refractivity contribution in [3.8, 4) is 17.2 Å². The second-order valence-corrected chi connectivity index (χ2v) is 7.43. The number of hydrogen-bond acceptors (Lipinski definition) is 8. The fourth-order valence-electron chi connectivity index (χ4n) is 2.92. The van der Waals surface area contributed by atoms with Crippen molar-refractivity contribution in [1.82, 2.24) is 15.5 Å². The standard InChI is InChI=1S/C20H26N4O6/c1-10(2)16(20-23-18(24-30-20)11-5-6-11)22-19(26)12-7-13(27-3)17(14(8-12)28-4)29-9-15(21)25/h7-8,10-11,16H,5-6,9H2,1-4H3,(H2,21,25)(H,22,26). The number of rotatable bonds is 10. The maximum absolute atomic E-state index is 13.0. The van der Waals surface area contributed by atoms with Crippen molar-refractivity contribution in [2.24, 2.45) is 11.7 Å². The number of hydrogen-bond donors (Lipinski definition) is 2. The number of ether oxygens (including phenoxy) is 3. The Hall–Kier alpha value is -3.30. The predicted molar refractivity (Wildman–Crippen MR) is 106 cm³/mol. The zero-order chi connectivity index (χ0) is 21.8.